The van der Waals surface area contributed by atoms with E-state index in [1.54, 1.807) is 6.07 Å². The van der Waals surface area contributed by atoms with Gasteiger partial charge in [0.25, 0.3) is 0 Å². The minimum absolute atomic E-state index is 0.0842. The number of halogens is 1. The number of H-pyrrole nitrogens is 1. The Hall–Kier alpha value is -1.35. The third kappa shape index (κ3) is 4.31. The summed E-state index contributed by atoms with van der Waals surface area (Å²) in [4.78, 5) is 14.1. The number of sulfonamides is 1. The van der Waals surface area contributed by atoms with Crippen LogP contribution in [0, 0.1) is 0 Å². The van der Waals surface area contributed by atoms with E-state index in [2.05, 4.69) is 9.71 Å². The summed E-state index contributed by atoms with van der Waals surface area (Å²) in [5.74, 6) is -1.20. The van der Waals surface area contributed by atoms with Gasteiger partial charge in [-0.1, -0.05) is 11.6 Å². The lowest BCUT2D eigenvalue weighted by atomic mass is 10.3. The van der Waals surface area contributed by atoms with Gasteiger partial charge in [0.2, 0.25) is 10.0 Å². The van der Waals surface area contributed by atoms with Crippen molar-refractivity contribution in [2.45, 2.75) is 17.7 Å². The van der Waals surface area contributed by atoms with Crippen LogP contribution in [0.25, 0.3) is 0 Å². The fraction of sp³-hybridized carbons (Fsp3) is 0.250. The summed E-state index contributed by atoms with van der Waals surface area (Å²) in [6, 6.07) is 4.80. The maximum absolute atomic E-state index is 11.9. The van der Waals surface area contributed by atoms with Crippen LogP contribution in [0.4, 0.5) is 0 Å². The van der Waals surface area contributed by atoms with Crippen molar-refractivity contribution in [2.24, 2.45) is 0 Å². The highest BCUT2D eigenvalue weighted by Crippen LogP contribution is 2.22. The largest absolute Gasteiger partial charge is 0.477 e. The van der Waals surface area contributed by atoms with Crippen LogP contribution in [0.1, 0.15) is 21.8 Å². The standard InChI is InChI=1S/C12H13ClN2O4S2/c13-11-4-3-8(20-11)2-1-5-15-21(18,19)9-6-10(12(16)17)14-7-9/h3-4,6-7,14-15H,1-2,5H2,(H,16,17). The van der Waals surface area contributed by atoms with Gasteiger partial charge in [0.15, 0.2) is 0 Å². The lowest BCUT2D eigenvalue weighted by Gasteiger charge is -2.04. The molecule has 0 saturated heterocycles. The van der Waals surface area contributed by atoms with Crippen LogP contribution in [0.15, 0.2) is 29.3 Å². The van der Waals surface area contributed by atoms with Gasteiger partial charge in [0, 0.05) is 17.6 Å². The van der Waals surface area contributed by atoms with Crippen LogP contribution in [-0.4, -0.2) is 31.0 Å². The number of nitrogens with one attached hydrogen (secondary N) is 2. The molecule has 0 atom stereocenters. The average molecular weight is 349 g/mol. The highest BCUT2D eigenvalue weighted by Gasteiger charge is 2.17. The number of aromatic amines is 1. The predicted octanol–water partition coefficient (Wildman–Crippen LogP) is 2.34. The summed E-state index contributed by atoms with van der Waals surface area (Å²) in [6.45, 7) is 0.269. The molecule has 0 aliphatic carbocycles. The Morgan fingerprint density at radius 3 is 2.76 bits per heavy atom. The molecule has 0 aliphatic heterocycles. The van der Waals surface area contributed by atoms with E-state index in [-0.39, 0.29) is 17.1 Å². The molecule has 0 fully saturated rings. The Balaban J connectivity index is 1.87. The van der Waals surface area contributed by atoms with E-state index in [1.807, 2.05) is 6.07 Å². The summed E-state index contributed by atoms with van der Waals surface area (Å²) in [6.07, 6.45) is 2.52. The topological polar surface area (TPSA) is 99.3 Å². The molecular formula is C12H13ClN2O4S2. The van der Waals surface area contributed by atoms with Crippen molar-refractivity contribution < 1.29 is 18.3 Å². The number of carbonyl (C=O) groups is 1. The van der Waals surface area contributed by atoms with Gasteiger partial charge >= 0.3 is 5.97 Å². The molecule has 0 unspecified atom stereocenters. The Morgan fingerprint density at radius 2 is 2.19 bits per heavy atom. The van der Waals surface area contributed by atoms with Crippen molar-refractivity contribution >= 4 is 38.9 Å². The zero-order valence-corrected chi connectivity index (χ0v) is 13.2. The van der Waals surface area contributed by atoms with Crippen molar-refractivity contribution in [3.8, 4) is 0 Å². The number of carboxylic acid groups (broad SMARTS) is 1. The lowest BCUT2D eigenvalue weighted by molar-refractivity contribution is 0.0691. The molecule has 0 amide bonds. The van der Waals surface area contributed by atoms with Gasteiger partial charge in [0.05, 0.1) is 4.34 Å². The molecule has 2 aromatic heterocycles. The zero-order valence-electron chi connectivity index (χ0n) is 10.8. The van der Waals surface area contributed by atoms with Crippen LogP contribution in [0.5, 0.6) is 0 Å². The van der Waals surface area contributed by atoms with Crippen LogP contribution in [0.2, 0.25) is 4.34 Å². The second-order valence-electron chi connectivity index (χ2n) is 4.26. The monoisotopic (exact) mass is 348 g/mol. The molecule has 0 radical (unpaired) electrons. The molecule has 0 spiro atoms. The molecule has 2 aromatic rings. The van der Waals surface area contributed by atoms with E-state index in [0.717, 1.165) is 23.6 Å². The van der Waals surface area contributed by atoms with Gasteiger partial charge in [-0.25, -0.2) is 17.9 Å². The molecule has 9 heteroatoms. The van der Waals surface area contributed by atoms with E-state index >= 15 is 0 Å². The summed E-state index contributed by atoms with van der Waals surface area (Å²) >= 11 is 7.28. The van der Waals surface area contributed by atoms with E-state index in [0.29, 0.717) is 10.8 Å². The third-order valence-corrected chi connectivity index (χ3v) is 5.45. The van der Waals surface area contributed by atoms with Crippen molar-refractivity contribution in [3.63, 3.8) is 0 Å². The zero-order chi connectivity index (χ0) is 15.5. The fourth-order valence-electron chi connectivity index (χ4n) is 1.69. The summed E-state index contributed by atoms with van der Waals surface area (Å²) in [5.41, 5.74) is -0.163. The quantitative estimate of drug-likeness (QED) is 0.669. The maximum atomic E-state index is 11.9. The Labute approximate surface area is 130 Å². The van der Waals surface area contributed by atoms with Crippen molar-refractivity contribution in [1.29, 1.82) is 0 Å². The highest BCUT2D eigenvalue weighted by atomic mass is 35.5. The van der Waals surface area contributed by atoms with Gasteiger partial charge in [0.1, 0.15) is 10.6 Å². The van der Waals surface area contributed by atoms with Crippen LogP contribution < -0.4 is 4.72 Å². The SMILES string of the molecule is O=C(O)c1cc(S(=O)(=O)NCCCc2ccc(Cl)s2)c[nH]1. The summed E-state index contributed by atoms with van der Waals surface area (Å²) < 4.78 is 27.0. The first-order valence-corrected chi connectivity index (χ1v) is 8.72. The van der Waals surface area contributed by atoms with Gasteiger partial charge < -0.3 is 10.1 Å². The molecule has 0 bridgehead atoms. The number of rotatable bonds is 7. The first-order valence-electron chi connectivity index (χ1n) is 6.04. The molecular weight excluding hydrogens is 336 g/mol. The first-order chi connectivity index (χ1) is 9.88. The molecule has 0 aromatic carbocycles. The van der Waals surface area contributed by atoms with E-state index < -0.39 is 16.0 Å². The van der Waals surface area contributed by atoms with Crippen molar-refractivity contribution in [3.05, 3.63) is 39.3 Å². The highest BCUT2D eigenvalue weighted by molar-refractivity contribution is 7.89. The molecule has 2 rings (SSSR count). The Bertz CT molecular complexity index is 736. The number of hydrogen-bond acceptors (Lipinski definition) is 4. The van der Waals surface area contributed by atoms with Gasteiger partial charge in [-0.2, -0.15) is 0 Å². The lowest BCUT2D eigenvalue weighted by Crippen LogP contribution is -2.24. The van der Waals surface area contributed by atoms with Crippen LogP contribution in [0.3, 0.4) is 0 Å². The van der Waals surface area contributed by atoms with E-state index in [1.165, 1.54) is 11.3 Å². The number of aromatic nitrogens is 1. The van der Waals surface area contributed by atoms with E-state index in [4.69, 9.17) is 16.7 Å². The van der Waals surface area contributed by atoms with Gasteiger partial charge in [-0.3, -0.25) is 0 Å². The molecule has 114 valence electrons. The van der Waals surface area contributed by atoms with Crippen molar-refractivity contribution in [1.82, 2.24) is 9.71 Å². The molecule has 2 heterocycles. The minimum Gasteiger partial charge on any atom is -0.477 e. The Morgan fingerprint density at radius 1 is 1.43 bits per heavy atom. The number of aryl methyl sites for hydroxylation is 1. The normalized spacial score (nSPS) is 11.7. The van der Waals surface area contributed by atoms with Crippen LogP contribution >= 0.6 is 22.9 Å². The molecule has 21 heavy (non-hydrogen) atoms. The summed E-state index contributed by atoms with van der Waals surface area (Å²) in [7, 11) is -3.69. The smallest absolute Gasteiger partial charge is 0.352 e. The maximum Gasteiger partial charge on any atom is 0.352 e. The molecule has 0 aliphatic rings. The fourth-order valence-corrected chi connectivity index (χ4v) is 3.89. The van der Waals surface area contributed by atoms with Gasteiger partial charge in [-0.05, 0) is 31.0 Å². The third-order valence-electron chi connectivity index (χ3n) is 2.72. The average Bonchev–Trinajstić information content (AvgIpc) is 3.04. The number of aromatic carboxylic acids is 1. The second kappa shape index (κ2) is 6.61. The first kappa shape index (κ1) is 16.0. The van der Waals surface area contributed by atoms with Gasteiger partial charge in [-0.15, -0.1) is 11.3 Å². The number of hydrogen-bond donors (Lipinski definition) is 3. The second-order valence-corrected chi connectivity index (χ2v) is 7.83. The number of carboxylic acids is 1. The summed E-state index contributed by atoms with van der Waals surface area (Å²) in [5, 5.41) is 8.75. The van der Waals surface area contributed by atoms with E-state index in [9.17, 15) is 13.2 Å². The molecule has 3 N–H and O–H groups in total. The minimum atomic E-state index is -3.69. The predicted molar refractivity (Wildman–Crippen MR) is 80.6 cm³/mol. The molecule has 6 nitrogen and oxygen atoms in total. The van der Waals surface area contributed by atoms with Crippen molar-refractivity contribution in [2.75, 3.05) is 6.54 Å². The molecule has 0 saturated carbocycles. The number of thiophene rings is 1. The van der Waals surface area contributed by atoms with Crippen LogP contribution in [-0.2, 0) is 16.4 Å². The Kier molecular flexibility index (Phi) is 5.04.